The van der Waals surface area contributed by atoms with Crippen LogP contribution in [0.1, 0.15) is 307 Å². The SMILES string of the molecule is CC(C)(C)C.CC(C)C.CC(C)C.CC(C)C(=O)[C@H](CCCNC(N)=O)CC(=O)[C@@H](NC(=O)CCCCCN1C(=O)CCC1=O)C(C)C.CC(C)C(=O)[C@H](CCCNC(N)=O)CC(=O)[C@@H](NC(=O)CCOCCOCCNC(=O)CCN1C(=O)CCC1=O)C(C)C.CC(C)[C@H](NC(=O)CCOCCOCCOCCOCCNC(=O)CCN1C(=O)CCC1=O)C(=O)C[C@@H](CCCNC(N)=O)C(=O)C(C)(C)C. The zero-order chi connectivity index (χ0) is 108. The summed E-state index contributed by atoms with van der Waals surface area (Å²) >= 11 is 0. The normalized spacial score (nSPS) is 14.4. The Morgan fingerprint density at radius 2 is 0.546 bits per heavy atom. The number of ketones is 6. The van der Waals surface area contributed by atoms with Crippen molar-refractivity contribution in [2.75, 3.05) is 132 Å². The number of nitrogens with zero attached hydrogens (tertiary/aromatic N) is 3. The minimum atomic E-state index is -0.742. The topological polar surface area (TPSA) is 581 Å². The molecule has 141 heavy (non-hydrogen) atoms. The van der Waals surface area contributed by atoms with Crippen molar-refractivity contribution in [3.8, 4) is 0 Å². The second-order valence-electron chi connectivity index (χ2n) is 41.0. The Bertz CT molecular complexity index is 3720. The number of nitrogens with one attached hydrogen (secondary N) is 8. The molecule has 0 saturated carbocycles. The van der Waals surface area contributed by atoms with Crippen LogP contribution in [0.3, 0.4) is 0 Å². The highest BCUT2D eigenvalue weighted by molar-refractivity contribution is 6.04. The number of carbonyl (C=O) groups is 20. The third-order valence-corrected chi connectivity index (χ3v) is 20.9. The van der Waals surface area contributed by atoms with E-state index in [1.54, 1.807) is 48.5 Å². The number of amides is 17. The number of Topliss-reactive ketones (excluding diaryl/α,β-unsaturated/α-hetero) is 6. The van der Waals surface area contributed by atoms with E-state index in [0.29, 0.717) is 136 Å². The van der Waals surface area contributed by atoms with E-state index in [2.05, 4.69) is 112 Å². The van der Waals surface area contributed by atoms with Crippen LogP contribution < -0.4 is 59.7 Å². The Kier molecular flexibility index (Phi) is 74.8. The van der Waals surface area contributed by atoms with Gasteiger partial charge >= 0.3 is 18.1 Å². The van der Waals surface area contributed by atoms with Gasteiger partial charge in [0.1, 0.15) is 17.3 Å². The number of hydrogen-bond donors (Lipinski definition) is 11. The first kappa shape index (κ1) is 135. The molecule has 0 aromatic carbocycles. The van der Waals surface area contributed by atoms with Crippen LogP contribution in [0.15, 0.2) is 0 Å². The van der Waals surface area contributed by atoms with Crippen LogP contribution in [0.25, 0.3) is 0 Å². The molecule has 3 aliphatic heterocycles. The van der Waals surface area contributed by atoms with Crippen LogP contribution in [-0.2, 0) is 110 Å². The summed E-state index contributed by atoms with van der Waals surface area (Å²) < 4.78 is 32.6. The van der Waals surface area contributed by atoms with Crippen molar-refractivity contribution >= 4 is 118 Å². The first-order valence-corrected chi connectivity index (χ1v) is 50.5. The Labute approximate surface area is 839 Å². The maximum Gasteiger partial charge on any atom is 0.312 e. The number of primary amides is 3. The number of likely N-dealkylation sites (tertiary alicyclic amines) is 3. The molecule has 0 aromatic heterocycles. The first-order valence-electron chi connectivity index (χ1n) is 50.5. The van der Waals surface area contributed by atoms with Crippen molar-refractivity contribution in [3.63, 3.8) is 0 Å². The fourth-order valence-corrected chi connectivity index (χ4v) is 13.8. The number of hydrogen-bond acceptors (Lipinski definition) is 26. The standard InChI is InChI=1S/C34H59N5O11.C29H49N5O9.C25H42N4O6.C5H12.2C4H10/c1-24(2)31(26(40)23-25(32(45)34(3,4)5)7-6-12-37-33(35)46)38-28(42)11-15-47-17-19-49-21-22-50-20-18-48-16-13-36-27(41)10-14-39-29(43)8-9-30(39)44;1-19(2)27(22(35)18-21(28(40)20(3)4)6-5-11-32-29(30)41)33-24(37)10-14-42-16-17-43-15-12-31-23(36)9-13-34-25(38)7-8-26(34)39;1-16(2)23(19(30)15-18(24(34)17(3)4)9-8-13-27-25(26)35)28-20(31)10-6-5-7-14-29-21(32)11-12-22(29)33;1-5(2,3)4;2*1-4(2)3/h24-25,31H,6-23H2,1-5H3,(H,36,41)(H,38,42)(H3,35,37,46);19-21,27H,5-18H2,1-4H3,(H,31,36)(H,33,37)(H3,30,32,41);16-18,23H,5-15H2,1-4H3,(H,28,31)(H3,26,27,35);1-4H3;2*4H,1-3H3/t25-,31+;21-,27+;18-,23+;;;/m111.../s1. The van der Waals surface area contributed by atoms with Gasteiger partial charge < -0.3 is 88.2 Å². The summed E-state index contributed by atoms with van der Waals surface area (Å²) in [5.74, 6) is -4.21. The lowest BCUT2D eigenvalue weighted by Gasteiger charge is -2.27. The second-order valence-corrected chi connectivity index (χ2v) is 41.0. The zero-order valence-electron chi connectivity index (χ0n) is 89.6. The highest BCUT2D eigenvalue weighted by atomic mass is 16.6. The van der Waals surface area contributed by atoms with E-state index in [4.69, 9.17) is 45.6 Å². The van der Waals surface area contributed by atoms with Gasteiger partial charge in [0.2, 0.25) is 65.0 Å². The third-order valence-electron chi connectivity index (χ3n) is 20.9. The quantitative estimate of drug-likeness (QED) is 0.0200. The summed E-state index contributed by atoms with van der Waals surface area (Å²) in [5.41, 5.74) is 15.1. The van der Waals surface area contributed by atoms with Crippen LogP contribution in [0.2, 0.25) is 0 Å². The van der Waals surface area contributed by atoms with Crippen LogP contribution >= 0.6 is 0 Å². The predicted molar refractivity (Wildman–Crippen MR) is 536 cm³/mol. The monoisotopic (exact) mass is 2010 g/mol. The van der Waals surface area contributed by atoms with Gasteiger partial charge in [0.15, 0.2) is 17.3 Å². The van der Waals surface area contributed by atoms with Crippen LogP contribution in [0.4, 0.5) is 14.4 Å². The van der Waals surface area contributed by atoms with Crippen molar-refractivity contribution < 1.29 is 124 Å². The molecule has 3 rings (SSSR count). The zero-order valence-corrected chi connectivity index (χ0v) is 89.6. The van der Waals surface area contributed by atoms with Gasteiger partial charge in [0.25, 0.3) is 0 Å². The number of ether oxygens (including phenoxy) is 6. The number of nitrogens with two attached hydrogens (primary N) is 3. The summed E-state index contributed by atoms with van der Waals surface area (Å²) in [7, 11) is 0. The molecule has 40 heteroatoms. The molecule has 0 radical (unpaired) electrons. The smallest absolute Gasteiger partial charge is 0.312 e. The number of unbranched alkanes of at least 4 members (excludes halogenated alkanes) is 2. The number of carbonyl (C=O) groups excluding carboxylic acids is 20. The minimum absolute atomic E-state index is 0.00278. The highest BCUT2D eigenvalue weighted by Gasteiger charge is 2.37. The van der Waals surface area contributed by atoms with Crippen molar-refractivity contribution in [1.82, 2.24) is 57.2 Å². The lowest BCUT2D eigenvalue weighted by molar-refractivity contribution is -0.140. The maximum atomic E-state index is 13.2. The molecule has 0 unspecified atom stereocenters. The van der Waals surface area contributed by atoms with E-state index in [1.807, 2.05) is 41.5 Å². The Balaban J connectivity index is -0.00000192. The fourth-order valence-electron chi connectivity index (χ4n) is 13.8. The van der Waals surface area contributed by atoms with Crippen molar-refractivity contribution in [2.24, 2.45) is 87.2 Å². The van der Waals surface area contributed by atoms with Crippen LogP contribution in [-0.4, -0.2) is 282 Å². The van der Waals surface area contributed by atoms with Gasteiger partial charge in [-0.3, -0.25) is 96.2 Å². The van der Waals surface area contributed by atoms with E-state index in [0.717, 1.165) is 21.6 Å². The molecule has 3 heterocycles. The summed E-state index contributed by atoms with van der Waals surface area (Å²) in [6, 6.07) is -4.09. The summed E-state index contributed by atoms with van der Waals surface area (Å²) in [5, 5.41) is 21.2. The Morgan fingerprint density at radius 3 is 0.809 bits per heavy atom. The van der Waals surface area contributed by atoms with E-state index in [1.165, 1.54) is 4.90 Å². The summed E-state index contributed by atoms with van der Waals surface area (Å²) in [6.45, 7) is 50.7. The van der Waals surface area contributed by atoms with Gasteiger partial charge in [0, 0.05) is 177 Å². The predicted octanol–water partition coefficient (Wildman–Crippen LogP) is 8.80. The minimum Gasteiger partial charge on any atom is -0.379 e. The van der Waals surface area contributed by atoms with Gasteiger partial charge in [-0.1, -0.05) is 166 Å². The molecule has 812 valence electrons. The van der Waals surface area contributed by atoms with Gasteiger partial charge in [-0.05, 0) is 86.4 Å². The molecule has 0 aromatic rings. The largest absolute Gasteiger partial charge is 0.379 e. The fraction of sp³-hybridized carbons (Fsp3) is 0.802. The van der Waals surface area contributed by atoms with Crippen molar-refractivity contribution in [3.05, 3.63) is 0 Å². The molecule has 17 amide bonds. The van der Waals surface area contributed by atoms with Crippen LogP contribution in [0.5, 0.6) is 0 Å². The van der Waals surface area contributed by atoms with E-state index < -0.39 is 59.4 Å². The molecular weight excluding hydrogens is 1830 g/mol. The highest BCUT2D eigenvalue weighted by Crippen LogP contribution is 2.28. The number of rotatable bonds is 68. The molecule has 14 N–H and O–H groups in total. The summed E-state index contributed by atoms with van der Waals surface area (Å²) in [6.07, 6.45) is 6.57. The Morgan fingerprint density at radius 1 is 0.298 bits per heavy atom. The average Bonchev–Trinajstić information content (AvgIpc) is 1.60. The lowest BCUT2D eigenvalue weighted by Crippen LogP contribution is -2.46. The van der Waals surface area contributed by atoms with E-state index in [-0.39, 0.29) is 278 Å². The van der Waals surface area contributed by atoms with Crippen LogP contribution in [0, 0.1) is 70.0 Å². The van der Waals surface area contributed by atoms with Crippen molar-refractivity contribution in [1.29, 1.82) is 0 Å². The lowest BCUT2D eigenvalue weighted by atomic mass is 9.78. The summed E-state index contributed by atoms with van der Waals surface area (Å²) in [4.78, 5) is 245. The van der Waals surface area contributed by atoms with E-state index >= 15 is 0 Å². The Hall–Kier alpha value is -9.64. The molecule has 0 spiro atoms. The number of urea groups is 3. The molecule has 3 saturated heterocycles. The molecule has 3 fully saturated rings. The molecule has 40 nitrogen and oxygen atoms in total. The van der Waals surface area contributed by atoms with Gasteiger partial charge in [-0.25, -0.2) is 14.4 Å². The second kappa shape index (κ2) is 77.9. The van der Waals surface area contributed by atoms with Gasteiger partial charge in [-0.15, -0.1) is 0 Å². The van der Waals surface area contributed by atoms with Crippen molar-refractivity contribution in [2.45, 2.75) is 325 Å². The third kappa shape index (κ3) is 72.3. The maximum absolute atomic E-state index is 13.2. The molecule has 0 aliphatic carbocycles. The van der Waals surface area contributed by atoms with Gasteiger partial charge in [0.05, 0.1) is 97.4 Å². The first-order chi connectivity index (χ1) is 65.9. The molecule has 3 aliphatic rings. The molecular formula is C101H182N14O26. The van der Waals surface area contributed by atoms with E-state index in [9.17, 15) is 95.9 Å². The number of imide groups is 3. The van der Waals surface area contributed by atoms with Gasteiger partial charge in [-0.2, -0.15) is 0 Å². The molecule has 0 bridgehead atoms. The molecule has 6 atom stereocenters. The average molecular weight is 2010 g/mol.